The van der Waals surface area contributed by atoms with E-state index in [1.54, 1.807) is 0 Å². The van der Waals surface area contributed by atoms with Crippen LogP contribution in [0.15, 0.2) is 0 Å². The van der Waals surface area contributed by atoms with E-state index in [1.807, 2.05) is 25.7 Å². The number of nitrogens with two attached hydrogens (primary N) is 1. The summed E-state index contributed by atoms with van der Waals surface area (Å²) in [6, 6.07) is 0.611. The zero-order chi connectivity index (χ0) is 15.1. The van der Waals surface area contributed by atoms with Crippen LogP contribution in [0.5, 0.6) is 0 Å². The summed E-state index contributed by atoms with van der Waals surface area (Å²) in [5.41, 5.74) is 5.88. The number of hydrogen-bond donors (Lipinski definition) is 1. The summed E-state index contributed by atoms with van der Waals surface area (Å²) in [7, 11) is 0. The van der Waals surface area contributed by atoms with E-state index in [0.717, 1.165) is 25.9 Å². The maximum absolute atomic E-state index is 12.2. The average molecular weight is 283 g/mol. The molecule has 2 fully saturated rings. The van der Waals surface area contributed by atoms with Crippen LogP contribution in [0.2, 0.25) is 0 Å². The minimum absolute atomic E-state index is 0.0505. The monoisotopic (exact) mass is 283 g/mol. The Bertz CT molecular complexity index is 378. The number of hydrogen-bond acceptors (Lipinski definition) is 4. The third-order valence-corrected chi connectivity index (χ3v) is 4.50. The molecule has 2 aliphatic rings. The van der Waals surface area contributed by atoms with Gasteiger partial charge in [0.2, 0.25) is 0 Å². The molecule has 0 aliphatic carbocycles. The number of rotatable bonds is 1. The van der Waals surface area contributed by atoms with Gasteiger partial charge in [-0.05, 0) is 47.5 Å². The van der Waals surface area contributed by atoms with Crippen molar-refractivity contribution in [3.63, 3.8) is 0 Å². The van der Waals surface area contributed by atoms with Gasteiger partial charge < -0.3 is 15.4 Å². The van der Waals surface area contributed by atoms with E-state index in [4.69, 9.17) is 10.5 Å². The number of carbonyl (C=O) groups excluding carboxylic acids is 1. The Hall–Kier alpha value is -0.810. The molecule has 20 heavy (non-hydrogen) atoms. The van der Waals surface area contributed by atoms with Crippen molar-refractivity contribution in [2.24, 2.45) is 5.73 Å². The fraction of sp³-hybridized carbons (Fsp3) is 0.933. The van der Waals surface area contributed by atoms with Gasteiger partial charge >= 0.3 is 6.09 Å². The third-order valence-electron chi connectivity index (χ3n) is 4.50. The predicted octanol–water partition coefficient (Wildman–Crippen LogP) is 1.81. The van der Waals surface area contributed by atoms with Crippen LogP contribution in [0.3, 0.4) is 0 Å². The predicted molar refractivity (Wildman–Crippen MR) is 79.6 cm³/mol. The second-order valence-electron chi connectivity index (χ2n) is 7.44. The molecule has 0 aromatic carbocycles. The molecule has 0 aromatic heterocycles. The van der Waals surface area contributed by atoms with Crippen LogP contribution in [-0.4, -0.2) is 58.8 Å². The van der Waals surface area contributed by atoms with Crippen molar-refractivity contribution in [1.82, 2.24) is 9.80 Å². The van der Waals surface area contributed by atoms with Gasteiger partial charge in [0.05, 0.1) is 5.54 Å². The van der Waals surface area contributed by atoms with Crippen molar-refractivity contribution >= 4 is 6.09 Å². The molecule has 2 rings (SSSR count). The first kappa shape index (κ1) is 15.6. The maximum atomic E-state index is 12.2. The van der Waals surface area contributed by atoms with Gasteiger partial charge in [-0.2, -0.15) is 0 Å². The molecule has 0 aromatic rings. The molecular weight excluding hydrogens is 254 g/mol. The lowest BCUT2D eigenvalue weighted by atomic mass is 9.90. The van der Waals surface area contributed by atoms with Crippen molar-refractivity contribution < 1.29 is 9.53 Å². The first-order valence-electron chi connectivity index (χ1n) is 7.66. The standard InChI is InChI=1S/C15H29N3O2/c1-11(2)18-8-6-12(16)15(18)7-9-17(10-15)13(19)20-14(3,4)5/h11-12H,6-10,16H2,1-5H3. The highest BCUT2D eigenvalue weighted by atomic mass is 16.6. The zero-order valence-electron chi connectivity index (χ0n) is 13.5. The molecule has 2 aliphatic heterocycles. The molecule has 5 nitrogen and oxygen atoms in total. The summed E-state index contributed by atoms with van der Waals surface area (Å²) >= 11 is 0. The van der Waals surface area contributed by atoms with Crippen LogP contribution in [0.4, 0.5) is 4.79 Å². The molecule has 116 valence electrons. The second-order valence-corrected chi connectivity index (χ2v) is 7.44. The number of nitrogens with zero attached hydrogens (tertiary/aromatic N) is 2. The number of likely N-dealkylation sites (tertiary alicyclic amines) is 2. The number of carbonyl (C=O) groups is 1. The largest absolute Gasteiger partial charge is 0.444 e. The van der Waals surface area contributed by atoms with E-state index in [-0.39, 0.29) is 17.7 Å². The van der Waals surface area contributed by atoms with E-state index in [2.05, 4.69) is 18.7 Å². The van der Waals surface area contributed by atoms with E-state index >= 15 is 0 Å². The summed E-state index contributed by atoms with van der Waals surface area (Å²) in [5.74, 6) is 0. The molecule has 0 radical (unpaired) electrons. The van der Waals surface area contributed by atoms with Gasteiger partial charge in [0.25, 0.3) is 0 Å². The van der Waals surface area contributed by atoms with Gasteiger partial charge in [-0.1, -0.05) is 0 Å². The minimum atomic E-state index is -0.442. The third kappa shape index (κ3) is 2.79. The molecule has 2 heterocycles. The first-order valence-corrected chi connectivity index (χ1v) is 7.66. The fourth-order valence-electron chi connectivity index (χ4n) is 3.59. The minimum Gasteiger partial charge on any atom is -0.444 e. The molecule has 2 atom stereocenters. The molecule has 0 saturated carbocycles. The van der Waals surface area contributed by atoms with Crippen molar-refractivity contribution in [3.8, 4) is 0 Å². The van der Waals surface area contributed by atoms with E-state index in [0.29, 0.717) is 12.6 Å². The Morgan fingerprint density at radius 2 is 2.00 bits per heavy atom. The highest BCUT2D eigenvalue weighted by molar-refractivity contribution is 5.68. The highest BCUT2D eigenvalue weighted by Crippen LogP contribution is 2.38. The Morgan fingerprint density at radius 3 is 2.55 bits per heavy atom. The lowest BCUT2D eigenvalue weighted by Crippen LogP contribution is -2.57. The fourth-order valence-corrected chi connectivity index (χ4v) is 3.59. The van der Waals surface area contributed by atoms with Crippen LogP contribution in [-0.2, 0) is 4.74 Å². The Balaban J connectivity index is 2.08. The van der Waals surface area contributed by atoms with Crippen LogP contribution in [0.25, 0.3) is 0 Å². The quantitative estimate of drug-likeness (QED) is 0.797. The van der Waals surface area contributed by atoms with E-state index < -0.39 is 5.60 Å². The first-order chi connectivity index (χ1) is 9.16. The van der Waals surface area contributed by atoms with Gasteiger partial charge in [-0.15, -0.1) is 0 Å². The van der Waals surface area contributed by atoms with E-state index in [1.165, 1.54) is 0 Å². The number of ether oxygens (including phenoxy) is 1. The lowest BCUT2D eigenvalue weighted by Gasteiger charge is -2.40. The molecule has 2 unspecified atom stereocenters. The molecular formula is C15H29N3O2. The average Bonchev–Trinajstić information content (AvgIpc) is 2.84. The van der Waals surface area contributed by atoms with Gasteiger partial charge in [0, 0.05) is 31.7 Å². The molecule has 5 heteroatoms. The van der Waals surface area contributed by atoms with Crippen LogP contribution >= 0.6 is 0 Å². The summed E-state index contributed by atoms with van der Waals surface area (Å²) < 4.78 is 5.48. The van der Waals surface area contributed by atoms with Crippen molar-refractivity contribution in [2.75, 3.05) is 19.6 Å². The van der Waals surface area contributed by atoms with Crippen LogP contribution in [0, 0.1) is 0 Å². The Morgan fingerprint density at radius 1 is 1.35 bits per heavy atom. The van der Waals surface area contributed by atoms with Crippen molar-refractivity contribution in [3.05, 3.63) is 0 Å². The van der Waals surface area contributed by atoms with Gasteiger partial charge in [-0.25, -0.2) is 4.79 Å². The SMILES string of the molecule is CC(C)N1CCC(N)C12CCN(C(=O)OC(C)(C)C)C2. The highest BCUT2D eigenvalue weighted by Gasteiger charge is 2.53. The number of amides is 1. The summed E-state index contributed by atoms with van der Waals surface area (Å²) in [4.78, 5) is 16.5. The van der Waals surface area contributed by atoms with Crippen LogP contribution in [0.1, 0.15) is 47.5 Å². The molecule has 1 amide bonds. The Labute approximate surface area is 122 Å². The second kappa shape index (κ2) is 5.19. The smallest absolute Gasteiger partial charge is 0.410 e. The summed E-state index contributed by atoms with van der Waals surface area (Å²) in [6.07, 6.45) is 1.75. The molecule has 2 saturated heterocycles. The summed E-state index contributed by atoms with van der Waals surface area (Å²) in [5, 5.41) is 0. The molecule has 0 bridgehead atoms. The van der Waals surface area contributed by atoms with Gasteiger partial charge in [0.15, 0.2) is 0 Å². The summed E-state index contributed by atoms with van der Waals surface area (Å²) in [6.45, 7) is 12.6. The molecule has 1 spiro atoms. The van der Waals surface area contributed by atoms with Gasteiger partial charge in [-0.3, -0.25) is 4.90 Å². The van der Waals surface area contributed by atoms with Crippen molar-refractivity contribution in [1.29, 1.82) is 0 Å². The van der Waals surface area contributed by atoms with Crippen LogP contribution < -0.4 is 5.73 Å². The zero-order valence-corrected chi connectivity index (χ0v) is 13.5. The topological polar surface area (TPSA) is 58.8 Å². The van der Waals surface area contributed by atoms with Gasteiger partial charge in [0.1, 0.15) is 5.60 Å². The normalized spacial score (nSPS) is 31.6. The molecule has 2 N–H and O–H groups in total. The lowest BCUT2D eigenvalue weighted by molar-refractivity contribution is 0.0238. The Kier molecular flexibility index (Phi) is 4.04. The van der Waals surface area contributed by atoms with Crippen molar-refractivity contribution in [2.45, 2.75) is 70.7 Å². The maximum Gasteiger partial charge on any atom is 0.410 e. The van der Waals surface area contributed by atoms with E-state index in [9.17, 15) is 4.79 Å².